The van der Waals surface area contributed by atoms with Crippen molar-refractivity contribution in [3.05, 3.63) is 46.5 Å². The Morgan fingerprint density at radius 2 is 1.94 bits per heavy atom. The molecule has 2 aliphatic carbocycles. The van der Waals surface area contributed by atoms with E-state index in [1.807, 2.05) is 12.1 Å². The maximum atomic E-state index is 11.9. The van der Waals surface area contributed by atoms with Crippen LogP contribution in [0, 0.1) is 11.8 Å². The standard InChI is InChI=1S/C14H13BrO2/c15-12-5-3-10(4-6-12)14(16)17-13-8-9-1-2-11(13)7-9/h1-6,9,11,13H,7-8H2. The van der Waals surface area contributed by atoms with Gasteiger partial charge >= 0.3 is 5.97 Å². The fraction of sp³-hybridized carbons (Fsp3) is 0.357. The zero-order chi connectivity index (χ0) is 11.8. The van der Waals surface area contributed by atoms with E-state index >= 15 is 0 Å². The average molecular weight is 293 g/mol. The molecule has 3 rings (SSSR count). The van der Waals surface area contributed by atoms with Gasteiger partial charge in [0.1, 0.15) is 6.10 Å². The molecule has 0 amide bonds. The molecule has 2 aliphatic rings. The van der Waals surface area contributed by atoms with Crippen molar-refractivity contribution in [1.82, 2.24) is 0 Å². The fourth-order valence-corrected chi connectivity index (χ4v) is 2.92. The Bertz CT molecular complexity index is 464. The molecule has 0 N–H and O–H groups in total. The number of carbonyl (C=O) groups is 1. The number of fused-ring (bicyclic) bond motifs is 2. The molecule has 0 radical (unpaired) electrons. The van der Waals surface area contributed by atoms with Crippen molar-refractivity contribution < 1.29 is 9.53 Å². The van der Waals surface area contributed by atoms with Crippen molar-refractivity contribution >= 4 is 21.9 Å². The minimum atomic E-state index is -0.205. The Morgan fingerprint density at radius 3 is 2.53 bits per heavy atom. The Kier molecular flexibility index (Phi) is 2.79. The first-order valence-electron chi connectivity index (χ1n) is 5.87. The molecule has 0 aliphatic heterocycles. The molecule has 1 aromatic carbocycles. The number of ether oxygens (including phenoxy) is 1. The van der Waals surface area contributed by atoms with Crippen LogP contribution in [-0.4, -0.2) is 12.1 Å². The third-order valence-electron chi connectivity index (χ3n) is 3.56. The van der Waals surface area contributed by atoms with Crippen molar-refractivity contribution in [2.75, 3.05) is 0 Å². The number of rotatable bonds is 2. The minimum absolute atomic E-state index is 0.0844. The zero-order valence-corrected chi connectivity index (χ0v) is 10.9. The van der Waals surface area contributed by atoms with Gasteiger partial charge in [-0.2, -0.15) is 0 Å². The fourth-order valence-electron chi connectivity index (χ4n) is 2.66. The van der Waals surface area contributed by atoms with Gasteiger partial charge in [0, 0.05) is 10.4 Å². The summed E-state index contributed by atoms with van der Waals surface area (Å²) in [7, 11) is 0. The van der Waals surface area contributed by atoms with Crippen molar-refractivity contribution in [3.63, 3.8) is 0 Å². The van der Waals surface area contributed by atoms with Crippen LogP contribution in [0.5, 0.6) is 0 Å². The molecule has 2 bridgehead atoms. The highest BCUT2D eigenvalue weighted by atomic mass is 79.9. The molecular formula is C14H13BrO2. The highest BCUT2D eigenvalue weighted by molar-refractivity contribution is 9.10. The van der Waals surface area contributed by atoms with E-state index in [1.165, 1.54) is 0 Å². The van der Waals surface area contributed by atoms with E-state index in [0.717, 1.165) is 17.3 Å². The van der Waals surface area contributed by atoms with Gasteiger partial charge in [0.2, 0.25) is 0 Å². The number of hydrogen-bond donors (Lipinski definition) is 0. The van der Waals surface area contributed by atoms with Crippen LogP contribution in [0.2, 0.25) is 0 Å². The van der Waals surface area contributed by atoms with Gasteiger partial charge in [0.15, 0.2) is 0 Å². The molecule has 0 spiro atoms. The van der Waals surface area contributed by atoms with E-state index in [1.54, 1.807) is 12.1 Å². The second-order valence-electron chi connectivity index (χ2n) is 4.73. The molecule has 0 aromatic heterocycles. The molecule has 1 aromatic rings. The number of halogens is 1. The highest BCUT2D eigenvalue weighted by Crippen LogP contribution is 2.40. The molecule has 0 saturated heterocycles. The summed E-state index contributed by atoms with van der Waals surface area (Å²) >= 11 is 3.35. The lowest BCUT2D eigenvalue weighted by Crippen LogP contribution is -2.22. The third kappa shape index (κ3) is 2.16. The number of allylic oxidation sites excluding steroid dienone is 1. The summed E-state index contributed by atoms with van der Waals surface area (Å²) in [5.41, 5.74) is 0.625. The SMILES string of the molecule is O=C(OC1CC2C=CC1C2)c1ccc(Br)cc1. The number of hydrogen-bond acceptors (Lipinski definition) is 2. The van der Waals surface area contributed by atoms with Crippen LogP contribution in [0.1, 0.15) is 23.2 Å². The van der Waals surface area contributed by atoms with Gasteiger partial charge in [-0.25, -0.2) is 4.79 Å². The van der Waals surface area contributed by atoms with Gasteiger partial charge in [-0.3, -0.25) is 0 Å². The van der Waals surface area contributed by atoms with Gasteiger partial charge < -0.3 is 4.74 Å². The van der Waals surface area contributed by atoms with Crippen molar-refractivity contribution in [1.29, 1.82) is 0 Å². The lowest BCUT2D eigenvalue weighted by molar-refractivity contribution is 0.0242. The number of esters is 1. The lowest BCUT2D eigenvalue weighted by atomic mass is 10.0. The minimum Gasteiger partial charge on any atom is -0.458 e. The Balaban J connectivity index is 1.68. The first-order valence-corrected chi connectivity index (χ1v) is 6.66. The lowest BCUT2D eigenvalue weighted by Gasteiger charge is -2.18. The first kappa shape index (κ1) is 11.0. The van der Waals surface area contributed by atoms with Gasteiger partial charge in [0.25, 0.3) is 0 Å². The van der Waals surface area contributed by atoms with Gasteiger partial charge in [-0.05, 0) is 43.0 Å². The third-order valence-corrected chi connectivity index (χ3v) is 4.08. The predicted octanol–water partition coefficient (Wildman–Crippen LogP) is 3.57. The number of benzene rings is 1. The normalized spacial score (nSPS) is 29.6. The Morgan fingerprint density at radius 1 is 1.18 bits per heavy atom. The van der Waals surface area contributed by atoms with Gasteiger partial charge in [-0.15, -0.1) is 0 Å². The van der Waals surface area contributed by atoms with Crippen LogP contribution in [0.25, 0.3) is 0 Å². The van der Waals surface area contributed by atoms with E-state index in [2.05, 4.69) is 28.1 Å². The van der Waals surface area contributed by atoms with Crippen molar-refractivity contribution in [2.24, 2.45) is 11.8 Å². The number of carbonyl (C=O) groups excluding carboxylic acids is 1. The van der Waals surface area contributed by atoms with Gasteiger partial charge in [-0.1, -0.05) is 28.1 Å². The molecule has 88 valence electrons. The summed E-state index contributed by atoms with van der Waals surface area (Å²) in [5.74, 6) is 0.866. The van der Waals surface area contributed by atoms with Crippen molar-refractivity contribution in [2.45, 2.75) is 18.9 Å². The van der Waals surface area contributed by atoms with Crippen LogP contribution in [0.3, 0.4) is 0 Å². The maximum Gasteiger partial charge on any atom is 0.338 e. The second kappa shape index (κ2) is 4.30. The summed E-state index contributed by atoms with van der Waals surface area (Å²) in [4.78, 5) is 11.9. The van der Waals surface area contributed by atoms with Crippen LogP contribution >= 0.6 is 15.9 Å². The predicted molar refractivity (Wildman–Crippen MR) is 68.7 cm³/mol. The summed E-state index contributed by atoms with van der Waals surface area (Å²) < 4.78 is 6.54. The highest BCUT2D eigenvalue weighted by Gasteiger charge is 2.38. The molecule has 2 nitrogen and oxygen atoms in total. The van der Waals surface area contributed by atoms with E-state index in [4.69, 9.17) is 4.74 Å². The zero-order valence-electron chi connectivity index (χ0n) is 9.30. The van der Waals surface area contributed by atoms with Crippen LogP contribution < -0.4 is 0 Å². The van der Waals surface area contributed by atoms with E-state index in [9.17, 15) is 4.79 Å². The smallest absolute Gasteiger partial charge is 0.338 e. The molecule has 1 saturated carbocycles. The van der Waals surface area contributed by atoms with E-state index in [-0.39, 0.29) is 12.1 Å². The van der Waals surface area contributed by atoms with Gasteiger partial charge in [0.05, 0.1) is 5.56 Å². The maximum absolute atomic E-state index is 11.9. The molecule has 3 heteroatoms. The monoisotopic (exact) mass is 292 g/mol. The van der Waals surface area contributed by atoms with E-state index in [0.29, 0.717) is 17.4 Å². The molecule has 1 fully saturated rings. The summed E-state index contributed by atoms with van der Waals surface area (Å²) in [5, 5.41) is 0. The topological polar surface area (TPSA) is 26.3 Å². The Hall–Kier alpha value is -1.09. The molecule has 17 heavy (non-hydrogen) atoms. The Labute approximate surface area is 109 Å². The second-order valence-corrected chi connectivity index (χ2v) is 5.65. The summed E-state index contributed by atoms with van der Waals surface area (Å²) in [6.07, 6.45) is 6.66. The summed E-state index contributed by atoms with van der Waals surface area (Å²) in [6.45, 7) is 0. The molecule has 3 unspecified atom stereocenters. The van der Waals surface area contributed by atoms with Crippen LogP contribution in [0.15, 0.2) is 40.9 Å². The van der Waals surface area contributed by atoms with Crippen LogP contribution in [0.4, 0.5) is 0 Å². The molecular weight excluding hydrogens is 280 g/mol. The average Bonchev–Trinajstić information content (AvgIpc) is 2.91. The van der Waals surface area contributed by atoms with E-state index < -0.39 is 0 Å². The van der Waals surface area contributed by atoms with Crippen LogP contribution in [-0.2, 0) is 4.74 Å². The first-order chi connectivity index (χ1) is 8.22. The quantitative estimate of drug-likeness (QED) is 0.615. The van der Waals surface area contributed by atoms with Crippen molar-refractivity contribution in [3.8, 4) is 0 Å². The molecule has 0 heterocycles. The largest absolute Gasteiger partial charge is 0.458 e. The molecule has 3 atom stereocenters. The summed E-state index contributed by atoms with van der Waals surface area (Å²) in [6, 6.07) is 7.29.